The zero-order valence-corrected chi connectivity index (χ0v) is 8.14. The van der Waals surface area contributed by atoms with Crippen LogP contribution in [-0.4, -0.2) is 18.3 Å². The third-order valence-electron chi connectivity index (χ3n) is 1.34. The molecule has 0 aliphatic rings. The first-order valence-corrected chi connectivity index (χ1v) is 4.33. The van der Waals surface area contributed by atoms with Gasteiger partial charge in [0.15, 0.2) is 11.6 Å². The molecule has 1 aromatic carbocycles. The van der Waals surface area contributed by atoms with Crippen LogP contribution in [0.5, 0.6) is 5.75 Å². The van der Waals surface area contributed by atoms with Crippen LogP contribution in [0.4, 0.5) is 8.78 Å². The number of halogens is 3. The molecule has 72 valence electrons. The highest BCUT2D eigenvalue weighted by Crippen LogP contribution is 2.29. The van der Waals surface area contributed by atoms with Gasteiger partial charge in [-0.25, -0.2) is 4.39 Å². The standard InChI is InChI=1S/C8H7BrF2O2/c9-5-1-2-6(10)7(11)8(5)13-4-3-12/h1-2,12H,3-4H2. The summed E-state index contributed by atoms with van der Waals surface area (Å²) in [4.78, 5) is 0. The van der Waals surface area contributed by atoms with Crippen molar-refractivity contribution in [3.05, 3.63) is 28.2 Å². The summed E-state index contributed by atoms with van der Waals surface area (Å²) in [6.45, 7) is -0.318. The van der Waals surface area contributed by atoms with Crippen molar-refractivity contribution in [3.63, 3.8) is 0 Å². The van der Waals surface area contributed by atoms with Crippen LogP contribution in [0.1, 0.15) is 0 Å². The molecule has 0 aromatic heterocycles. The van der Waals surface area contributed by atoms with Crippen LogP contribution in [0.25, 0.3) is 0 Å². The number of rotatable bonds is 3. The summed E-state index contributed by atoms with van der Waals surface area (Å²) in [7, 11) is 0. The molecule has 0 aliphatic carbocycles. The molecule has 0 amide bonds. The van der Waals surface area contributed by atoms with E-state index >= 15 is 0 Å². The van der Waals surface area contributed by atoms with Crippen molar-refractivity contribution in [1.82, 2.24) is 0 Å². The van der Waals surface area contributed by atoms with Gasteiger partial charge in [0.1, 0.15) is 6.61 Å². The van der Waals surface area contributed by atoms with Crippen molar-refractivity contribution in [1.29, 1.82) is 0 Å². The molecule has 2 nitrogen and oxygen atoms in total. The second-order valence-electron chi connectivity index (χ2n) is 2.24. The third kappa shape index (κ3) is 2.38. The Balaban J connectivity index is 2.96. The lowest BCUT2D eigenvalue weighted by Gasteiger charge is -2.07. The molecule has 1 N–H and O–H groups in total. The first kappa shape index (κ1) is 10.4. The largest absolute Gasteiger partial charge is 0.487 e. The van der Waals surface area contributed by atoms with E-state index in [1.54, 1.807) is 0 Å². The molecule has 0 atom stereocenters. The van der Waals surface area contributed by atoms with Gasteiger partial charge >= 0.3 is 0 Å². The van der Waals surface area contributed by atoms with Crippen molar-refractivity contribution < 1.29 is 18.6 Å². The highest BCUT2D eigenvalue weighted by Gasteiger charge is 2.12. The van der Waals surface area contributed by atoms with Gasteiger partial charge in [-0.15, -0.1) is 0 Å². The summed E-state index contributed by atoms with van der Waals surface area (Å²) in [5.41, 5.74) is 0. The summed E-state index contributed by atoms with van der Waals surface area (Å²) in [5, 5.41) is 8.42. The van der Waals surface area contributed by atoms with Crippen LogP contribution in [0, 0.1) is 11.6 Å². The van der Waals surface area contributed by atoms with Gasteiger partial charge in [0.2, 0.25) is 5.82 Å². The second kappa shape index (κ2) is 4.53. The Bertz CT molecular complexity index is 304. The third-order valence-corrected chi connectivity index (χ3v) is 1.96. The topological polar surface area (TPSA) is 29.5 Å². The molecule has 0 fully saturated rings. The zero-order valence-electron chi connectivity index (χ0n) is 6.56. The predicted molar refractivity (Wildman–Crippen MR) is 46.6 cm³/mol. The van der Waals surface area contributed by atoms with E-state index in [0.717, 1.165) is 6.07 Å². The zero-order chi connectivity index (χ0) is 9.84. The van der Waals surface area contributed by atoms with Crippen molar-refractivity contribution in [3.8, 4) is 5.75 Å². The van der Waals surface area contributed by atoms with Crippen LogP contribution in [0.3, 0.4) is 0 Å². The number of hydrogen-bond acceptors (Lipinski definition) is 2. The molecule has 0 heterocycles. The molecular formula is C8H7BrF2O2. The molecule has 0 aliphatic heterocycles. The fraction of sp³-hybridized carbons (Fsp3) is 0.250. The molecule has 0 radical (unpaired) electrons. The summed E-state index contributed by atoms with van der Waals surface area (Å²) in [6.07, 6.45) is 0. The molecule has 0 spiro atoms. The van der Waals surface area contributed by atoms with Gasteiger partial charge in [-0.2, -0.15) is 4.39 Å². The van der Waals surface area contributed by atoms with E-state index < -0.39 is 11.6 Å². The molecule has 0 unspecified atom stereocenters. The summed E-state index contributed by atoms with van der Waals surface area (Å²) in [5.74, 6) is -2.24. The number of aliphatic hydroxyl groups is 1. The van der Waals surface area contributed by atoms with Gasteiger partial charge in [0, 0.05) is 0 Å². The highest BCUT2D eigenvalue weighted by molar-refractivity contribution is 9.10. The Morgan fingerprint density at radius 2 is 2.08 bits per heavy atom. The summed E-state index contributed by atoms with van der Waals surface area (Å²) >= 11 is 3.00. The van der Waals surface area contributed by atoms with Crippen LogP contribution in [0.15, 0.2) is 16.6 Å². The molecule has 1 rings (SSSR count). The highest BCUT2D eigenvalue weighted by atomic mass is 79.9. The Hall–Kier alpha value is -0.680. The number of benzene rings is 1. The van der Waals surface area contributed by atoms with E-state index in [4.69, 9.17) is 9.84 Å². The molecule has 0 saturated heterocycles. The van der Waals surface area contributed by atoms with Gasteiger partial charge < -0.3 is 9.84 Å². The van der Waals surface area contributed by atoms with E-state index in [9.17, 15) is 8.78 Å². The smallest absolute Gasteiger partial charge is 0.201 e. The van der Waals surface area contributed by atoms with Gasteiger partial charge in [-0.3, -0.25) is 0 Å². The molecular weight excluding hydrogens is 246 g/mol. The maximum atomic E-state index is 13.0. The maximum absolute atomic E-state index is 13.0. The van der Waals surface area contributed by atoms with E-state index in [2.05, 4.69) is 15.9 Å². The van der Waals surface area contributed by atoms with Gasteiger partial charge in [-0.05, 0) is 28.1 Å². The predicted octanol–water partition coefficient (Wildman–Crippen LogP) is 2.10. The molecule has 1 aromatic rings. The van der Waals surface area contributed by atoms with Gasteiger partial charge in [0.25, 0.3) is 0 Å². The van der Waals surface area contributed by atoms with E-state index in [1.165, 1.54) is 6.07 Å². The molecule has 0 saturated carbocycles. The van der Waals surface area contributed by atoms with E-state index in [1.807, 2.05) is 0 Å². The summed E-state index contributed by atoms with van der Waals surface area (Å²) in [6, 6.07) is 2.33. The van der Waals surface area contributed by atoms with Crippen molar-refractivity contribution in [2.45, 2.75) is 0 Å². The van der Waals surface area contributed by atoms with Crippen molar-refractivity contribution >= 4 is 15.9 Å². The quantitative estimate of drug-likeness (QED) is 0.836. The second-order valence-corrected chi connectivity index (χ2v) is 3.10. The lowest BCUT2D eigenvalue weighted by Crippen LogP contribution is -2.04. The Morgan fingerprint density at radius 3 is 2.69 bits per heavy atom. The molecule has 5 heteroatoms. The van der Waals surface area contributed by atoms with Gasteiger partial charge in [-0.1, -0.05) is 0 Å². The fourth-order valence-electron chi connectivity index (χ4n) is 0.788. The van der Waals surface area contributed by atoms with Gasteiger partial charge in [0.05, 0.1) is 11.1 Å². The number of aliphatic hydroxyl groups excluding tert-OH is 1. The normalized spacial score (nSPS) is 10.2. The fourth-order valence-corrected chi connectivity index (χ4v) is 1.21. The maximum Gasteiger partial charge on any atom is 0.201 e. The minimum atomic E-state index is -1.05. The minimum absolute atomic E-state index is 0.0705. The van der Waals surface area contributed by atoms with E-state index in [-0.39, 0.29) is 19.0 Å². The average Bonchev–Trinajstić information content (AvgIpc) is 2.12. The first-order chi connectivity index (χ1) is 6.16. The van der Waals surface area contributed by atoms with Crippen LogP contribution in [-0.2, 0) is 0 Å². The lowest BCUT2D eigenvalue weighted by atomic mass is 10.3. The van der Waals surface area contributed by atoms with Crippen molar-refractivity contribution in [2.75, 3.05) is 13.2 Å². The molecule has 0 bridgehead atoms. The van der Waals surface area contributed by atoms with E-state index in [0.29, 0.717) is 4.47 Å². The average molecular weight is 253 g/mol. The lowest BCUT2D eigenvalue weighted by molar-refractivity contribution is 0.194. The Labute approximate surface area is 82.3 Å². The van der Waals surface area contributed by atoms with Crippen molar-refractivity contribution in [2.24, 2.45) is 0 Å². The van der Waals surface area contributed by atoms with Crippen LogP contribution >= 0.6 is 15.9 Å². The monoisotopic (exact) mass is 252 g/mol. The first-order valence-electron chi connectivity index (χ1n) is 3.54. The number of ether oxygens (including phenoxy) is 1. The SMILES string of the molecule is OCCOc1c(Br)ccc(F)c1F. The number of hydrogen-bond donors (Lipinski definition) is 1. The van der Waals surface area contributed by atoms with Crippen LogP contribution < -0.4 is 4.74 Å². The Kier molecular flexibility index (Phi) is 3.62. The molecule has 13 heavy (non-hydrogen) atoms. The Morgan fingerprint density at radius 1 is 1.38 bits per heavy atom. The van der Waals surface area contributed by atoms with Crippen LogP contribution in [0.2, 0.25) is 0 Å². The minimum Gasteiger partial charge on any atom is -0.487 e. The summed E-state index contributed by atoms with van der Waals surface area (Å²) < 4.78 is 30.7.